The second-order valence-electron chi connectivity index (χ2n) is 14.8. The van der Waals surface area contributed by atoms with E-state index in [9.17, 15) is 19.8 Å². The highest BCUT2D eigenvalue weighted by Crippen LogP contribution is 2.46. The van der Waals surface area contributed by atoms with Gasteiger partial charge in [-0.1, -0.05) is 103 Å². The predicted molar refractivity (Wildman–Crippen MR) is 212 cm³/mol. The van der Waals surface area contributed by atoms with E-state index in [2.05, 4.69) is 32.7 Å². The number of benzene rings is 4. The summed E-state index contributed by atoms with van der Waals surface area (Å²) in [5, 5.41) is 34.2. The minimum atomic E-state index is -1.73. The predicted octanol–water partition coefficient (Wildman–Crippen LogP) is 5.35. The number of carbonyl (C=O) groups is 2. The molecule has 2 saturated heterocycles. The summed E-state index contributed by atoms with van der Waals surface area (Å²) in [4.78, 5) is 34.1. The molecule has 11 nitrogen and oxygen atoms in total. The molecule has 0 aliphatic carbocycles. The number of aromatic nitrogens is 3. The Bertz CT molecular complexity index is 2150. The van der Waals surface area contributed by atoms with Crippen molar-refractivity contribution in [3.63, 3.8) is 0 Å². The fourth-order valence-electron chi connectivity index (χ4n) is 8.47. The van der Waals surface area contributed by atoms with Crippen molar-refractivity contribution < 1.29 is 19.8 Å². The standard InChI is InChI=1S/C44H47N7O4/c1-32(12-10-11-27-48-29-39(46-47-48)37(30-52)34-13-4-2-5-14-34)44(55)38-17-8-9-18-40(38)49(42(44)54)28-33-19-21-35(22-20-33)50-31-51(36-15-6-3-7-16-36)43(41(50)53)23-25-45-26-24-43/h2-10,12-22,29,32,37,45,52,55H,11,23-28,30-31H2,1H3/b12-10+/t32-,37?,44+/m1/s1. The summed E-state index contributed by atoms with van der Waals surface area (Å²) in [5.74, 6) is -1.01. The zero-order chi connectivity index (χ0) is 38.0. The maximum Gasteiger partial charge on any atom is 0.264 e. The monoisotopic (exact) mass is 737 g/mol. The summed E-state index contributed by atoms with van der Waals surface area (Å²) in [7, 11) is 0. The van der Waals surface area contributed by atoms with Gasteiger partial charge in [-0.3, -0.25) is 19.2 Å². The van der Waals surface area contributed by atoms with Crippen LogP contribution in [-0.4, -0.2) is 68.9 Å². The van der Waals surface area contributed by atoms with Crippen molar-refractivity contribution in [2.75, 3.05) is 41.1 Å². The molecule has 1 spiro atoms. The third-order valence-corrected chi connectivity index (χ3v) is 11.6. The number of nitrogens with one attached hydrogen (secondary N) is 1. The van der Waals surface area contributed by atoms with Crippen LogP contribution in [0.2, 0.25) is 0 Å². The number of rotatable bonds is 12. The van der Waals surface area contributed by atoms with Gasteiger partial charge in [0, 0.05) is 35.6 Å². The molecule has 8 rings (SSSR count). The smallest absolute Gasteiger partial charge is 0.264 e. The topological polar surface area (TPSA) is 127 Å². The van der Waals surface area contributed by atoms with Crippen molar-refractivity contribution in [2.45, 2.75) is 56.3 Å². The average Bonchev–Trinajstić information content (AvgIpc) is 3.87. The number of nitrogens with zero attached hydrogens (tertiary/aromatic N) is 6. The Morgan fingerprint density at radius 3 is 2.27 bits per heavy atom. The van der Waals surface area contributed by atoms with Gasteiger partial charge in [-0.2, -0.15) is 0 Å². The Morgan fingerprint density at radius 1 is 0.855 bits per heavy atom. The first kappa shape index (κ1) is 36.4. The van der Waals surface area contributed by atoms with Crippen molar-refractivity contribution in [3.05, 3.63) is 150 Å². The molecule has 0 bridgehead atoms. The van der Waals surface area contributed by atoms with E-state index in [0.29, 0.717) is 36.6 Å². The molecule has 5 aromatic rings. The number of aliphatic hydroxyl groups excluding tert-OH is 1. The Morgan fingerprint density at radius 2 is 1.55 bits per heavy atom. The van der Waals surface area contributed by atoms with Gasteiger partial charge in [0.05, 0.1) is 37.1 Å². The van der Waals surface area contributed by atoms with E-state index in [1.807, 2.05) is 127 Å². The summed E-state index contributed by atoms with van der Waals surface area (Å²) in [5.41, 5.74) is 3.39. The van der Waals surface area contributed by atoms with Crippen molar-refractivity contribution in [3.8, 4) is 0 Å². The molecule has 2 amide bonds. The maximum atomic E-state index is 14.2. The molecular formula is C44H47N7O4. The van der Waals surface area contributed by atoms with E-state index in [1.54, 1.807) is 9.58 Å². The summed E-state index contributed by atoms with van der Waals surface area (Å²) in [6, 6.07) is 35.2. The number of carbonyl (C=O) groups excluding carboxylic acids is 2. The number of anilines is 3. The van der Waals surface area contributed by atoms with Crippen molar-refractivity contribution in [1.29, 1.82) is 0 Å². The van der Waals surface area contributed by atoms with Crippen LogP contribution >= 0.6 is 0 Å². The van der Waals surface area contributed by atoms with Crippen LogP contribution in [0.5, 0.6) is 0 Å². The van der Waals surface area contributed by atoms with Crippen LogP contribution in [0.15, 0.2) is 128 Å². The van der Waals surface area contributed by atoms with Crippen LogP contribution in [0, 0.1) is 5.92 Å². The summed E-state index contributed by atoms with van der Waals surface area (Å²) >= 11 is 0. The zero-order valence-electron chi connectivity index (χ0n) is 31.0. The highest BCUT2D eigenvalue weighted by molar-refractivity contribution is 6.07. The first-order valence-corrected chi connectivity index (χ1v) is 19.1. The molecule has 11 heteroatoms. The lowest BCUT2D eigenvalue weighted by Crippen LogP contribution is -2.55. The molecule has 0 saturated carbocycles. The average molecular weight is 738 g/mol. The van der Waals surface area contributed by atoms with Gasteiger partial charge < -0.3 is 25.3 Å². The largest absolute Gasteiger partial charge is 0.395 e. The maximum absolute atomic E-state index is 14.2. The molecule has 3 aliphatic heterocycles. The third-order valence-electron chi connectivity index (χ3n) is 11.6. The molecule has 3 aliphatic rings. The molecule has 2 fully saturated rings. The van der Waals surface area contributed by atoms with Crippen LogP contribution in [-0.2, 0) is 28.3 Å². The van der Waals surface area contributed by atoms with Gasteiger partial charge in [0.15, 0.2) is 5.60 Å². The summed E-state index contributed by atoms with van der Waals surface area (Å²) in [6.07, 6.45) is 7.82. The Hall–Kier alpha value is -5.62. The Labute approximate surface area is 321 Å². The number of allylic oxidation sites excluding steroid dienone is 1. The van der Waals surface area contributed by atoms with Crippen LogP contribution in [0.1, 0.15) is 54.5 Å². The highest BCUT2D eigenvalue weighted by atomic mass is 16.3. The minimum absolute atomic E-state index is 0.0664. The number of hydrogen-bond acceptors (Lipinski definition) is 8. The number of aliphatic hydroxyl groups is 2. The van der Waals surface area contributed by atoms with Crippen molar-refractivity contribution in [2.24, 2.45) is 5.92 Å². The quantitative estimate of drug-likeness (QED) is 0.146. The lowest BCUT2D eigenvalue weighted by atomic mass is 9.83. The normalized spacial score (nSPS) is 20.5. The third kappa shape index (κ3) is 6.62. The van der Waals surface area contributed by atoms with Gasteiger partial charge in [0.25, 0.3) is 11.8 Å². The van der Waals surface area contributed by atoms with E-state index in [4.69, 9.17) is 0 Å². The van der Waals surface area contributed by atoms with Crippen LogP contribution in [0.3, 0.4) is 0 Å². The van der Waals surface area contributed by atoms with E-state index < -0.39 is 17.1 Å². The first-order chi connectivity index (χ1) is 26.8. The van der Waals surface area contributed by atoms with Crippen molar-refractivity contribution >= 4 is 28.9 Å². The number of hydrogen-bond donors (Lipinski definition) is 3. The van der Waals surface area contributed by atoms with Gasteiger partial charge in [-0.25, -0.2) is 0 Å². The molecule has 1 unspecified atom stereocenters. The fourth-order valence-corrected chi connectivity index (χ4v) is 8.47. The molecule has 282 valence electrons. The second kappa shape index (κ2) is 15.3. The minimum Gasteiger partial charge on any atom is -0.395 e. The van der Waals surface area contributed by atoms with Crippen LogP contribution in [0.25, 0.3) is 0 Å². The van der Waals surface area contributed by atoms with Crippen molar-refractivity contribution in [1.82, 2.24) is 20.3 Å². The van der Waals surface area contributed by atoms with Gasteiger partial charge in [0.1, 0.15) is 5.54 Å². The number of aryl methyl sites for hydroxylation is 1. The van der Waals surface area contributed by atoms with Gasteiger partial charge in [-0.15, -0.1) is 5.10 Å². The van der Waals surface area contributed by atoms with E-state index in [0.717, 1.165) is 48.4 Å². The van der Waals surface area contributed by atoms with Crippen LogP contribution in [0.4, 0.5) is 17.1 Å². The molecular weight excluding hydrogens is 691 g/mol. The molecule has 1 aromatic heterocycles. The molecule has 3 atom stereocenters. The lowest BCUT2D eigenvalue weighted by Gasteiger charge is -2.39. The number of para-hydroxylation sites is 2. The molecule has 4 aromatic carbocycles. The SMILES string of the molecule is C[C@H](/C=C/CCn1cc(C(CO)c2ccccc2)nn1)[C@@]1(O)C(=O)N(Cc2ccc(N3CN(c4ccccc4)C4(CCNCC4)C3=O)cc2)c2ccccc21. The molecule has 0 radical (unpaired) electrons. The Balaban J connectivity index is 0.943. The summed E-state index contributed by atoms with van der Waals surface area (Å²) in [6.45, 7) is 4.68. The van der Waals surface area contributed by atoms with E-state index in [-0.39, 0.29) is 30.9 Å². The van der Waals surface area contributed by atoms with E-state index in [1.165, 1.54) is 0 Å². The zero-order valence-corrected chi connectivity index (χ0v) is 31.0. The van der Waals surface area contributed by atoms with Gasteiger partial charge >= 0.3 is 0 Å². The number of fused-ring (bicyclic) bond motifs is 1. The van der Waals surface area contributed by atoms with E-state index >= 15 is 0 Å². The Kier molecular flexibility index (Phi) is 10.1. The van der Waals surface area contributed by atoms with Gasteiger partial charge in [-0.05, 0) is 73.8 Å². The summed E-state index contributed by atoms with van der Waals surface area (Å²) < 4.78 is 1.75. The lowest BCUT2D eigenvalue weighted by molar-refractivity contribution is -0.139. The number of piperidine rings is 1. The molecule has 3 N–H and O–H groups in total. The van der Waals surface area contributed by atoms with Gasteiger partial charge in [0.2, 0.25) is 0 Å². The highest BCUT2D eigenvalue weighted by Gasteiger charge is 2.54. The van der Waals surface area contributed by atoms with Crippen LogP contribution < -0.4 is 20.0 Å². The first-order valence-electron chi connectivity index (χ1n) is 19.1. The second-order valence-corrected chi connectivity index (χ2v) is 14.8. The number of amides is 2. The fraction of sp³-hybridized carbons (Fsp3) is 0.318. The molecule has 4 heterocycles. The molecule has 55 heavy (non-hydrogen) atoms.